The number of esters is 2. The third kappa shape index (κ3) is 6.90. The molecule has 0 atom stereocenters. The van der Waals surface area contributed by atoms with Gasteiger partial charge in [-0.1, -0.05) is 0 Å². The maximum atomic E-state index is 11.7. The first-order chi connectivity index (χ1) is 10.7. The van der Waals surface area contributed by atoms with E-state index >= 15 is 0 Å². The number of ether oxygens (including phenoxy) is 4. The Kier molecular flexibility index (Phi) is 6.68. The highest BCUT2D eigenvalue weighted by Crippen LogP contribution is 2.30. The average molecular weight is 325 g/mol. The quantitative estimate of drug-likeness (QED) is 0.768. The highest BCUT2D eigenvalue weighted by atomic mass is 16.6. The molecule has 7 nitrogen and oxygen atoms in total. The van der Waals surface area contributed by atoms with Crippen LogP contribution < -0.4 is 14.8 Å². The van der Waals surface area contributed by atoms with E-state index in [4.69, 9.17) is 14.2 Å². The molecule has 1 aromatic rings. The molecule has 0 aliphatic carbocycles. The van der Waals surface area contributed by atoms with Gasteiger partial charge in [-0.3, -0.25) is 4.79 Å². The van der Waals surface area contributed by atoms with Crippen molar-refractivity contribution in [3.8, 4) is 11.5 Å². The Bertz CT molecular complexity index is 550. The molecule has 0 aromatic heterocycles. The number of anilines is 1. The predicted molar refractivity (Wildman–Crippen MR) is 84.8 cm³/mol. The van der Waals surface area contributed by atoms with Gasteiger partial charge in [0.25, 0.3) is 0 Å². The summed E-state index contributed by atoms with van der Waals surface area (Å²) < 4.78 is 20.2. The van der Waals surface area contributed by atoms with Crippen molar-refractivity contribution in [1.29, 1.82) is 0 Å². The van der Waals surface area contributed by atoms with Crippen molar-refractivity contribution in [3.63, 3.8) is 0 Å². The summed E-state index contributed by atoms with van der Waals surface area (Å²) >= 11 is 0. The zero-order valence-electron chi connectivity index (χ0n) is 14.1. The Morgan fingerprint density at radius 2 is 1.78 bits per heavy atom. The molecule has 1 aromatic carbocycles. The van der Waals surface area contributed by atoms with Crippen LogP contribution in [0.1, 0.15) is 20.8 Å². The van der Waals surface area contributed by atoms with E-state index in [1.54, 1.807) is 39.0 Å². The Labute approximate surface area is 135 Å². The molecule has 128 valence electrons. The third-order valence-corrected chi connectivity index (χ3v) is 2.59. The summed E-state index contributed by atoms with van der Waals surface area (Å²) in [6, 6.07) is 5.01. The second kappa shape index (κ2) is 8.26. The minimum Gasteiger partial charge on any atom is -0.493 e. The average Bonchev–Trinajstić information content (AvgIpc) is 2.49. The molecule has 0 bridgehead atoms. The number of hydrogen-bond acceptors (Lipinski definition) is 7. The van der Waals surface area contributed by atoms with Crippen molar-refractivity contribution in [3.05, 3.63) is 18.2 Å². The second-order valence-corrected chi connectivity index (χ2v) is 5.67. The minimum atomic E-state index is -0.526. The van der Waals surface area contributed by atoms with Crippen LogP contribution in [0.2, 0.25) is 0 Å². The normalized spacial score (nSPS) is 10.7. The minimum absolute atomic E-state index is 0.0305. The standard InChI is InChI=1S/C16H23NO6/c1-16(2,3)23-14(18)9-17-11-6-7-12(13(8-11)20-4)22-10-15(19)21-5/h6-8,17H,9-10H2,1-5H3. The van der Waals surface area contributed by atoms with Crippen LogP contribution in [-0.4, -0.2) is 44.9 Å². The van der Waals surface area contributed by atoms with Crippen molar-refractivity contribution >= 4 is 17.6 Å². The number of nitrogens with one attached hydrogen (secondary N) is 1. The topological polar surface area (TPSA) is 83.1 Å². The zero-order chi connectivity index (χ0) is 17.5. The van der Waals surface area contributed by atoms with E-state index in [1.165, 1.54) is 14.2 Å². The maximum absolute atomic E-state index is 11.7. The Hall–Kier alpha value is -2.44. The van der Waals surface area contributed by atoms with E-state index < -0.39 is 11.6 Å². The molecule has 0 radical (unpaired) electrons. The SMILES string of the molecule is COC(=O)COc1ccc(NCC(=O)OC(C)(C)C)cc1OC. The van der Waals surface area contributed by atoms with Crippen LogP contribution in [0, 0.1) is 0 Å². The molecule has 0 amide bonds. The van der Waals surface area contributed by atoms with E-state index in [9.17, 15) is 9.59 Å². The molecule has 0 fully saturated rings. The predicted octanol–water partition coefficient (Wildman–Crippen LogP) is 2.00. The van der Waals surface area contributed by atoms with Gasteiger partial charge in [0.1, 0.15) is 12.1 Å². The monoisotopic (exact) mass is 325 g/mol. The molecule has 0 aliphatic rings. The van der Waals surface area contributed by atoms with E-state index in [2.05, 4.69) is 10.1 Å². The second-order valence-electron chi connectivity index (χ2n) is 5.67. The highest BCUT2D eigenvalue weighted by molar-refractivity contribution is 5.75. The lowest BCUT2D eigenvalue weighted by Gasteiger charge is -2.20. The summed E-state index contributed by atoms with van der Waals surface area (Å²) in [6.45, 7) is 5.24. The van der Waals surface area contributed by atoms with Gasteiger partial charge in [-0.05, 0) is 32.9 Å². The van der Waals surface area contributed by atoms with Gasteiger partial charge in [-0.25, -0.2) is 4.79 Å². The van der Waals surface area contributed by atoms with Gasteiger partial charge in [0.15, 0.2) is 18.1 Å². The molecule has 0 aliphatic heterocycles. The molecule has 23 heavy (non-hydrogen) atoms. The van der Waals surface area contributed by atoms with Crippen molar-refractivity contribution in [2.75, 3.05) is 32.7 Å². The third-order valence-electron chi connectivity index (χ3n) is 2.59. The Morgan fingerprint density at radius 3 is 2.35 bits per heavy atom. The van der Waals surface area contributed by atoms with Gasteiger partial charge < -0.3 is 24.3 Å². The van der Waals surface area contributed by atoms with E-state index in [0.29, 0.717) is 17.2 Å². The van der Waals surface area contributed by atoms with Crippen LogP contribution in [0.15, 0.2) is 18.2 Å². The lowest BCUT2D eigenvalue weighted by atomic mass is 10.2. The molecule has 0 saturated heterocycles. The van der Waals surface area contributed by atoms with E-state index in [-0.39, 0.29) is 19.1 Å². The van der Waals surface area contributed by atoms with Gasteiger partial charge in [0.2, 0.25) is 0 Å². The smallest absolute Gasteiger partial charge is 0.343 e. The number of rotatable bonds is 7. The first kappa shape index (κ1) is 18.6. The largest absolute Gasteiger partial charge is 0.493 e. The fraction of sp³-hybridized carbons (Fsp3) is 0.500. The summed E-state index contributed by atoms with van der Waals surface area (Å²) in [7, 11) is 2.77. The van der Waals surface area contributed by atoms with Gasteiger partial charge >= 0.3 is 11.9 Å². The van der Waals surface area contributed by atoms with Crippen LogP contribution >= 0.6 is 0 Å². The summed E-state index contributed by atoms with van der Waals surface area (Å²) in [5.74, 6) is -0.00882. The summed E-state index contributed by atoms with van der Waals surface area (Å²) in [4.78, 5) is 22.8. The van der Waals surface area contributed by atoms with Crippen molar-refractivity contribution in [2.45, 2.75) is 26.4 Å². The Morgan fingerprint density at radius 1 is 1.09 bits per heavy atom. The summed E-state index contributed by atoms with van der Waals surface area (Å²) in [5, 5.41) is 2.94. The Balaban J connectivity index is 2.64. The maximum Gasteiger partial charge on any atom is 0.343 e. The molecule has 0 heterocycles. The fourth-order valence-electron chi connectivity index (χ4n) is 1.64. The number of carbonyl (C=O) groups is 2. The molecule has 1 rings (SSSR count). The molecule has 0 saturated carbocycles. The van der Waals surface area contributed by atoms with E-state index in [0.717, 1.165) is 0 Å². The first-order valence-corrected chi connectivity index (χ1v) is 7.08. The number of carbonyl (C=O) groups excluding carboxylic acids is 2. The molecule has 7 heteroatoms. The van der Waals surface area contributed by atoms with Crippen LogP contribution in [0.25, 0.3) is 0 Å². The fourth-order valence-corrected chi connectivity index (χ4v) is 1.64. The molecule has 0 unspecified atom stereocenters. The molecule has 0 spiro atoms. The van der Waals surface area contributed by atoms with Crippen LogP contribution in [0.4, 0.5) is 5.69 Å². The molecular weight excluding hydrogens is 302 g/mol. The van der Waals surface area contributed by atoms with Crippen molar-refractivity contribution < 1.29 is 28.5 Å². The lowest BCUT2D eigenvalue weighted by molar-refractivity contribution is -0.152. The van der Waals surface area contributed by atoms with Crippen LogP contribution in [0.5, 0.6) is 11.5 Å². The van der Waals surface area contributed by atoms with Crippen molar-refractivity contribution in [1.82, 2.24) is 0 Å². The lowest BCUT2D eigenvalue weighted by Crippen LogP contribution is -2.28. The van der Waals surface area contributed by atoms with E-state index in [1.807, 2.05) is 0 Å². The van der Waals surface area contributed by atoms with Crippen molar-refractivity contribution in [2.24, 2.45) is 0 Å². The van der Waals surface area contributed by atoms with Crippen LogP contribution in [-0.2, 0) is 19.1 Å². The summed E-state index contributed by atoms with van der Waals surface area (Å²) in [6.07, 6.45) is 0. The van der Waals surface area contributed by atoms with Gasteiger partial charge in [0, 0.05) is 11.8 Å². The number of methoxy groups -OCH3 is 2. The first-order valence-electron chi connectivity index (χ1n) is 7.08. The van der Waals surface area contributed by atoms with Gasteiger partial charge in [0.05, 0.1) is 14.2 Å². The van der Waals surface area contributed by atoms with Gasteiger partial charge in [-0.2, -0.15) is 0 Å². The van der Waals surface area contributed by atoms with Gasteiger partial charge in [-0.15, -0.1) is 0 Å². The number of benzene rings is 1. The summed E-state index contributed by atoms with van der Waals surface area (Å²) in [5.41, 5.74) is 0.139. The van der Waals surface area contributed by atoms with Crippen LogP contribution in [0.3, 0.4) is 0 Å². The highest BCUT2D eigenvalue weighted by Gasteiger charge is 2.16. The molecular formula is C16H23NO6. The molecule has 1 N–H and O–H groups in total. The zero-order valence-corrected chi connectivity index (χ0v) is 14.1. The number of hydrogen-bond donors (Lipinski definition) is 1.